The molecule has 8 heteroatoms. The maximum absolute atomic E-state index is 12.4. The number of anilines is 1. The first-order valence-electron chi connectivity index (χ1n) is 12.0. The highest BCUT2D eigenvalue weighted by atomic mass is 16.5. The van der Waals surface area contributed by atoms with E-state index in [-0.39, 0.29) is 25.0 Å². The average molecular weight is 488 g/mol. The molecule has 186 valence electrons. The van der Waals surface area contributed by atoms with Gasteiger partial charge in [-0.2, -0.15) is 0 Å². The Labute approximate surface area is 209 Å². The number of carboxylic acid groups (broad SMARTS) is 1. The topological polar surface area (TPSA) is 117 Å². The number of rotatable bonds is 10. The lowest BCUT2D eigenvalue weighted by molar-refractivity contribution is -0.139. The van der Waals surface area contributed by atoms with Crippen LogP contribution in [0.25, 0.3) is 11.1 Å². The lowest BCUT2D eigenvalue weighted by Gasteiger charge is -2.17. The Balaban J connectivity index is 1.21. The maximum Gasteiger partial charge on any atom is 0.407 e. The molecule has 4 N–H and O–H groups in total. The number of carbonyl (C=O) groups excluding carboxylic acids is 2. The molecule has 0 saturated heterocycles. The van der Waals surface area contributed by atoms with Crippen molar-refractivity contribution in [2.24, 2.45) is 0 Å². The van der Waals surface area contributed by atoms with Gasteiger partial charge in [-0.1, -0.05) is 66.7 Å². The number of amides is 3. The first-order chi connectivity index (χ1) is 17.5. The fourth-order valence-electron chi connectivity index (χ4n) is 4.41. The van der Waals surface area contributed by atoms with Gasteiger partial charge in [-0.15, -0.1) is 0 Å². The Morgan fingerprint density at radius 3 is 2.08 bits per heavy atom. The van der Waals surface area contributed by atoms with Gasteiger partial charge in [0.1, 0.15) is 12.6 Å². The van der Waals surface area contributed by atoms with Gasteiger partial charge in [-0.3, -0.25) is 0 Å². The van der Waals surface area contributed by atoms with Crippen LogP contribution in [-0.4, -0.2) is 42.4 Å². The van der Waals surface area contributed by atoms with Gasteiger partial charge < -0.3 is 25.8 Å². The zero-order valence-electron chi connectivity index (χ0n) is 19.8. The van der Waals surface area contributed by atoms with E-state index in [2.05, 4.69) is 28.1 Å². The van der Waals surface area contributed by atoms with Gasteiger partial charge in [0.2, 0.25) is 0 Å². The van der Waals surface area contributed by atoms with Crippen molar-refractivity contribution >= 4 is 23.8 Å². The molecule has 0 bridgehead atoms. The number of hydrogen-bond donors (Lipinski definition) is 4. The molecule has 1 aliphatic carbocycles. The van der Waals surface area contributed by atoms with Crippen LogP contribution in [0.2, 0.25) is 0 Å². The van der Waals surface area contributed by atoms with E-state index < -0.39 is 18.1 Å². The number of hydrogen-bond acceptors (Lipinski definition) is 4. The summed E-state index contributed by atoms with van der Waals surface area (Å²) in [5, 5.41) is 17.4. The Bertz CT molecular complexity index is 1170. The Morgan fingerprint density at radius 1 is 0.833 bits per heavy atom. The summed E-state index contributed by atoms with van der Waals surface area (Å²) in [5.74, 6) is -1.22. The molecule has 0 aliphatic heterocycles. The number of aliphatic carboxylic acids is 1. The summed E-state index contributed by atoms with van der Waals surface area (Å²) in [6.07, 6.45) is 0.538. The smallest absolute Gasteiger partial charge is 0.407 e. The fraction of sp³-hybridized carbons (Fsp3) is 0.250. The zero-order valence-corrected chi connectivity index (χ0v) is 19.8. The van der Waals surface area contributed by atoms with Crippen molar-refractivity contribution in [2.45, 2.75) is 31.2 Å². The number of para-hydroxylation sites is 1. The summed E-state index contributed by atoms with van der Waals surface area (Å²) < 4.78 is 5.46. The summed E-state index contributed by atoms with van der Waals surface area (Å²) in [7, 11) is 0. The third-order valence-corrected chi connectivity index (χ3v) is 6.17. The predicted octanol–water partition coefficient (Wildman–Crippen LogP) is 4.97. The molecule has 0 spiro atoms. The number of carboxylic acids is 1. The van der Waals surface area contributed by atoms with Gasteiger partial charge in [-0.25, -0.2) is 14.4 Å². The SMILES string of the molecule is O=C(NCCCC[C@H](NC(=O)OCC1c2ccccc2-c2ccccc21)C(=O)O)Nc1ccccc1. The maximum atomic E-state index is 12.4. The van der Waals surface area contributed by atoms with Crippen LogP contribution in [0.5, 0.6) is 0 Å². The summed E-state index contributed by atoms with van der Waals surface area (Å²) in [5.41, 5.74) is 5.11. The highest BCUT2D eigenvalue weighted by molar-refractivity contribution is 5.89. The van der Waals surface area contributed by atoms with Crippen molar-refractivity contribution in [2.75, 3.05) is 18.5 Å². The second-order valence-electron chi connectivity index (χ2n) is 8.60. The molecule has 1 aliphatic rings. The number of fused-ring (bicyclic) bond motifs is 3. The van der Waals surface area contributed by atoms with Crippen LogP contribution >= 0.6 is 0 Å². The van der Waals surface area contributed by atoms with E-state index in [4.69, 9.17) is 4.74 Å². The van der Waals surface area contributed by atoms with Crippen molar-refractivity contribution in [3.63, 3.8) is 0 Å². The molecular formula is C28H29N3O5. The van der Waals surface area contributed by atoms with E-state index in [0.717, 1.165) is 22.3 Å². The number of nitrogens with one attached hydrogen (secondary N) is 3. The van der Waals surface area contributed by atoms with Gasteiger partial charge in [-0.05, 0) is 53.6 Å². The number of benzene rings is 3. The molecule has 0 heterocycles. The second kappa shape index (κ2) is 11.9. The largest absolute Gasteiger partial charge is 0.480 e. The summed E-state index contributed by atoms with van der Waals surface area (Å²) >= 11 is 0. The highest BCUT2D eigenvalue weighted by Crippen LogP contribution is 2.44. The van der Waals surface area contributed by atoms with Gasteiger partial charge in [0.15, 0.2) is 0 Å². The molecule has 0 radical (unpaired) electrons. The van der Waals surface area contributed by atoms with Crippen LogP contribution in [0, 0.1) is 0 Å². The van der Waals surface area contributed by atoms with Gasteiger partial charge >= 0.3 is 18.1 Å². The minimum atomic E-state index is -1.13. The lowest BCUT2D eigenvalue weighted by atomic mass is 9.98. The van der Waals surface area contributed by atoms with Gasteiger partial charge in [0, 0.05) is 18.2 Å². The molecule has 1 atom stereocenters. The van der Waals surface area contributed by atoms with Gasteiger partial charge in [0.05, 0.1) is 0 Å². The van der Waals surface area contributed by atoms with Crippen molar-refractivity contribution in [1.29, 1.82) is 0 Å². The number of alkyl carbamates (subject to hydrolysis) is 1. The minimum absolute atomic E-state index is 0.0977. The first-order valence-corrected chi connectivity index (χ1v) is 12.0. The van der Waals surface area contributed by atoms with Gasteiger partial charge in [0.25, 0.3) is 0 Å². The molecule has 0 saturated carbocycles. The van der Waals surface area contributed by atoms with E-state index in [1.807, 2.05) is 54.6 Å². The normalized spacial score (nSPS) is 12.7. The van der Waals surface area contributed by atoms with Crippen LogP contribution in [0.1, 0.15) is 36.3 Å². The fourth-order valence-corrected chi connectivity index (χ4v) is 4.41. The van der Waals surface area contributed by atoms with Crippen LogP contribution in [0.3, 0.4) is 0 Å². The van der Waals surface area contributed by atoms with Crippen LogP contribution < -0.4 is 16.0 Å². The zero-order chi connectivity index (χ0) is 25.3. The third kappa shape index (κ3) is 6.21. The minimum Gasteiger partial charge on any atom is -0.480 e. The average Bonchev–Trinajstić information content (AvgIpc) is 3.20. The van der Waals surface area contributed by atoms with Crippen molar-refractivity contribution < 1.29 is 24.2 Å². The first kappa shape index (κ1) is 24.8. The quantitative estimate of drug-likeness (QED) is 0.301. The Hall–Kier alpha value is -4.33. The van der Waals surface area contributed by atoms with E-state index in [0.29, 0.717) is 25.1 Å². The van der Waals surface area contributed by atoms with E-state index in [9.17, 15) is 19.5 Å². The lowest BCUT2D eigenvalue weighted by Crippen LogP contribution is -2.41. The van der Waals surface area contributed by atoms with Crippen LogP contribution in [0.15, 0.2) is 78.9 Å². The van der Waals surface area contributed by atoms with E-state index in [1.54, 1.807) is 12.1 Å². The van der Waals surface area contributed by atoms with Crippen molar-refractivity contribution in [1.82, 2.24) is 10.6 Å². The molecule has 4 rings (SSSR count). The molecule has 3 amide bonds. The highest BCUT2D eigenvalue weighted by Gasteiger charge is 2.29. The number of urea groups is 1. The molecule has 3 aromatic carbocycles. The molecular weight excluding hydrogens is 458 g/mol. The molecule has 0 unspecified atom stereocenters. The molecule has 3 aromatic rings. The summed E-state index contributed by atoms with van der Waals surface area (Å²) in [6.45, 7) is 0.503. The number of carbonyl (C=O) groups is 3. The Kier molecular flexibility index (Phi) is 8.18. The predicted molar refractivity (Wildman–Crippen MR) is 137 cm³/mol. The van der Waals surface area contributed by atoms with Crippen molar-refractivity contribution in [3.05, 3.63) is 90.0 Å². The van der Waals surface area contributed by atoms with E-state index in [1.165, 1.54) is 0 Å². The molecule has 0 aromatic heterocycles. The summed E-state index contributed by atoms with van der Waals surface area (Å²) in [6, 6.07) is 23.7. The van der Waals surface area contributed by atoms with Crippen molar-refractivity contribution in [3.8, 4) is 11.1 Å². The summed E-state index contributed by atoms with van der Waals surface area (Å²) in [4.78, 5) is 36.0. The molecule has 8 nitrogen and oxygen atoms in total. The monoisotopic (exact) mass is 487 g/mol. The number of unbranched alkanes of at least 4 members (excludes halogenated alkanes) is 1. The third-order valence-electron chi connectivity index (χ3n) is 6.17. The molecule has 0 fully saturated rings. The van der Waals surface area contributed by atoms with Crippen LogP contribution in [0.4, 0.5) is 15.3 Å². The Morgan fingerprint density at radius 2 is 1.44 bits per heavy atom. The molecule has 36 heavy (non-hydrogen) atoms. The van der Waals surface area contributed by atoms with E-state index >= 15 is 0 Å². The standard InChI is InChI=1S/C28H29N3O5/c32-26(33)25(16-8-9-17-29-27(34)30-19-10-2-1-3-11-19)31-28(35)36-18-24-22-14-6-4-12-20(22)21-13-5-7-15-23(21)24/h1-7,10-15,24-25H,8-9,16-18H2,(H,31,35)(H,32,33)(H2,29,30,34)/t25-/m0/s1. The number of ether oxygens (including phenoxy) is 1. The van der Waals surface area contributed by atoms with Crippen LogP contribution in [-0.2, 0) is 9.53 Å². The second-order valence-corrected chi connectivity index (χ2v) is 8.60.